The van der Waals surface area contributed by atoms with Crippen LogP contribution in [0.15, 0.2) is 11.1 Å². The lowest BCUT2D eigenvalue weighted by Crippen LogP contribution is -2.09. The SMILES string of the molecule is CSc1nc(C(C)=O)cc2c1CCCC2. The molecule has 2 rings (SSSR count). The Kier molecular flexibility index (Phi) is 3.10. The number of rotatable bonds is 2. The molecule has 0 unspecified atom stereocenters. The summed E-state index contributed by atoms with van der Waals surface area (Å²) in [5.41, 5.74) is 3.34. The van der Waals surface area contributed by atoms with E-state index in [0.29, 0.717) is 5.69 Å². The number of aromatic nitrogens is 1. The van der Waals surface area contributed by atoms with Crippen LogP contribution < -0.4 is 0 Å². The first kappa shape index (κ1) is 10.7. The maximum Gasteiger partial charge on any atom is 0.178 e. The number of carbonyl (C=O) groups excluding carboxylic acids is 1. The number of hydrogen-bond donors (Lipinski definition) is 0. The molecule has 0 N–H and O–H groups in total. The minimum atomic E-state index is 0.0682. The molecule has 0 aliphatic heterocycles. The summed E-state index contributed by atoms with van der Waals surface area (Å²) in [6.07, 6.45) is 6.74. The van der Waals surface area contributed by atoms with E-state index in [0.717, 1.165) is 17.9 Å². The van der Waals surface area contributed by atoms with Crippen molar-refractivity contribution in [3.8, 4) is 0 Å². The van der Waals surface area contributed by atoms with Gasteiger partial charge >= 0.3 is 0 Å². The predicted molar refractivity (Wildman–Crippen MR) is 62.7 cm³/mol. The van der Waals surface area contributed by atoms with Gasteiger partial charge in [-0.05, 0) is 49.1 Å². The molecule has 2 nitrogen and oxygen atoms in total. The molecule has 0 fully saturated rings. The van der Waals surface area contributed by atoms with E-state index in [1.54, 1.807) is 18.7 Å². The monoisotopic (exact) mass is 221 g/mol. The highest BCUT2D eigenvalue weighted by atomic mass is 32.2. The summed E-state index contributed by atoms with van der Waals surface area (Å²) in [7, 11) is 0. The van der Waals surface area contributed by atoms with Crippen molar-refractivity contribution in [1.82, 2.24) is 4.98 Å². The minimum absolute atomic E-state index is 0.0682. The second-order valence-electron chi connectivity index (χ2n) is 3.92. The summed E-state index contributed by atoms with van der Waals surface area (Å²) in [6, 6.07) is 1.98. The van der Waals surface area contributed by atoms with Gasteiger partial charge in [-0.15, -0.1) is 11.8 Å². The number of hydrogen-bond acceptors (Lipinski definition) is 3. The Bertz CT molecular complexity index is 384. The third-order valence-corrected chi connectivity index (χ3v) is 3.58. The van der Waals surface area contributed by atoms with E-state index >= 15 is 0 Å². The maximum absolute atomic E-state index is 11.3. The highest BCUT2D eigenvalue weighted by molar-refractivity contribution is 7.98. The van der Waals surface area contributed by atoms with Crippen molar-refractivity contribution < 1.29 is 4.79 Å². The van der Waals surface area contributed by atoms with Crippen LogP contribution >= 0.6 is 11.8 Å². The maximum atomic E-state index is 11.3. The number of ketones is 1. The second kappa shape index (κ2) is 4.35. The largest absolute Gasteiger partial charge is 0.293 e. The van der Waals surface area contributed by atoms with Gasteiger partial charge in [0.25, 0.3) is 0 Å². The first-order valence-electron chi connectivity index (χ1n) is 5.30. The van der Waals surface area contributed by atoms with Crippen LogP contribution in [0.3, 0.4) is 0 Å². The normalized spacial score (nSPS) is 14.8. The van der Waals surface area contributed by atoms with Gasteiger partial charge in [0.2, 0.25) is 0 Å². The summed E-state index contributed by atoms with van der Waals surface area (Å²) in [5.74, 6) is 0.0682. The van der Waals surface area contributed by atoms with Gasteiger partial charge in [0.05, 0.1) is 0 Å². The Morgan fingerprint density at radius 2 is 2.13 bits per heavy atom. The fourth-order valence-corrected chi connectivity index (χ4v) is 2.72. The van der Waals surface area contributed by atoms with Gasteiger partial charge in [-0.3, -0.25) is 4.79 Å². The van der Waals surface area contributed by atoms with Gasteiger partial charge in [0.1, 0.15) is 10.7 Å². The Morgan fingerprint density at radius 1 is 1.40 bits per heavy atom. The topological polar surface area (TPSA) is 30.0 Å². The molecule has 1 aliphatic rings. The highest BCUT2D eigenvalue weighted by Gasteiger charge is 2.16. The van der Waals surface area contributed by atoms with E-state index in [4.69, 9.17) is 0 Å². The van der Waals surface area contributed by atoms with Crippen LogP contribution in [0.1, 0.15) is 41.4 Å². The zero-order valence-electron chi connectivity index (χ0n) is 9.17. The van der Waals surface area contributed by atoms with Crippen LogP contribution in [0.25, 0.3) is 0 Å². The van der Waals surface area contributed by atoms with Crippen molar-refractivity contribution in [2.24, 2.45) is 0 Å². The van der Waals surface area contributed by atoms with Gasteiger partial charge in [-0.2, -0.15) is 0 Å². The van der Waals surface area contributed by atoms with Crippen LogP contribution in [-0.4, -0.2) is 17.0 Å². The van der Waals surface area contributed by atoms with Gasteiger partial charge in [-0.25, -0.2) is 4.98 Å². The first-order chi connectivity index (χ1) is 7.22. The second-order valence-corrected chi connectivity index (χ2v) is 4.71. The molecule has 1 aromatic rings. The number of nitrogens with zero attached hydrogens (tertiary/aromatic N) is 1. The summed E-state index contributed by atoms with van der Waals surface area (Å²) in [4.78, 5) is 15.7. The van der Waals surface area contributed by atoms with Crippen molar-refractivity contribution in [1.29, 1.82) is 0 Å². The van der Waals surface area contributed by atoms with Gasteiger partial charge in [0.15, 0.2) is 5.78 Å². The van der Waals surface area contributed by atoms with E-state index in [-0.39, 0.29) is 5.78 Å². The van der Waals surface area contributed by atoms with Crippen LogP contribution in [0.2, 0.25) is 0 Å². The number of pyridine rings is 1. The molecule has 1 heterocycles. The molecule has 0 amide bonds. The Hall–Kier alpha value is -0.830. The molecule has 0 spiro atoms. The third kappa shape index (κ3) is 2.07. The lowest BCUT2D eigenvalue weighted by molar-refractivity contribution is 0.101. The number of Topliss-reactive ketones (excluding diaryl/α,β-unsaturated/α-hetero) is 1. The number of thioether (sulfide) groups is 1. The standard InChI is InChI=1S/C12H15NOS/c1-8(14)11-7-9-5-3-4-6-10(9)12(13-11)15-2/h7H,3-6H2,1-2H3. The van der Waals surface area contributed by atoms with Gasteiger partial charge < -0.3 is 0 Å². The molecule has 15 heavy (non-hydrogen) atoms. The molecule has 0 radical (unpaired) electrons. The molecule has 3 heteroatoms. The third-order valence-electron chi connectivity index (χ3n) is 2.86. The molecule has 1 aromatic heterocycles. The van der Waals surface area contributed by atoms with Crippen molar-refractivity contribution in [2.75, 3.05) is 6.26 Å². The zero-order valence-corrected chi connectivity index (χ0v) is 9.99. The van der Waals surface area contributed by atoms with E-state index in [9.17, 15) is 4.79 Å². The summed E-state index contributed by atoms with van der Waals surface area (Å²) in [6.45, 7) is 1.58. The van der Waals surface area contributed by atoms with Crippen molar-refractivity contribution in [2.45, 2.75) is 37.6 Å². The lowest BCUT2D eigenvalue weighted by atomic mass is 9.92. The minimum Gasteiger partial charge on any atom is -0.293 e. The number of aryl methyl sites for hydroxylation is 1. The van der Waals surface area contributed by atoms with E-state index < -0.39 is 0 Å². The fourth-order valence-electron chi connectivity index (χ4n) is 2.06. The number of fused-ring (bicyclic) bond motifs is 1. The number of carbonyl (C=O) groups is 1. The van der Waals surface area contributed by atoms with E-state index in [1.807, 2.05) is 12.3 Å². The Morgan fingerprint density at radius 3 is 2.80 bits per heavy atom. The smallest absolute Gasteiger partial charge is 0.178 e. The average molecular weight is 221 g/mol. The van der Waals surface area contributed by atoms with E-state index in [1.165, 1.54) is 24.0 Å². The van der Waals surface area contributed by atoms with Crippen molar-refractivity contribution in [3.63, 3.8) is 0 Å². The molecule has 80 valence electrons. The summed E-state index contributed by atoms with van der Waals surface area (Å²) < 4.78 is 0. The molecular formula is C12H15NOS. The van der Waals surface area contributed by atoms with Crippen LogP contribution in [-0.2, 0) is 12.8 Å². The predicted octanol–water partition coefficient (Wildman–Crippen LogP) is 2.88. The zero-order chi connectivity index (χ0) is 10.8. The molecule has 0 bridgehead atoms. The molecule has 0 saturated carbocycles. The van der Waals surface area contributed by atoms with Crippen molar-refractivity contribution in [3.05, 3.63) is 22.9 Å². The average Bonchev–Trinajstić information content (AvgIpc) is 2.27. The van der Waals surface area contributed by atoms with Crippen LogP contribution in [0, 0.1) is 0 Å². The summed E-state index contributed by atoms with van der Waals surface area (Å²) in [5, 5.41) is 1.05. The molecule has 0 saturated heterocycles. The van der Waals surface area contributed by atoms with Gasteiger partial charge in [-0.1, -0.05) is 0 Å². The molecule has 0 aromatic carbocycles. The first-order valence-corrected chi connectivity index (χ1v) is 6.52. The van der Waals surface area contributed by atoms with Crippen LogP contribution in [0.4, 0.5) is 0 Å². The summed E-state index contributed by atoms with van der Waals surface area (Å²) >= 11 is 1.65. The fraction of sp³-hybridized carbons (Fsp3) is 0.500. The van der Waals surface area contributed by atoms with Crippen molar-refractivity contribution >= 4 is 17.5 Å². The highest BCUT2D eigenvalue weighted by Crippen LogP contribution is 2.29. The molecule has 0 atom stereocenters. The lowest BCUT2D eigenvalue weighted by Gasteiger charge is -2.18. The Balaban J connectivity index is 2.52. The molecule has 1 aliphatic carbocycles. The Labute approximate surface area is 94.5 Å². The van der Waals surface area contributed by atoms with E-state index in [2.05, 4.69) is 4.98 Å². The molecular weight excluding hydrogens is 206 g/mol. The quantitative estimate of drug-likeness (QED) is 0.568. The van der Waals surface area contributed by atoms with Crippen LogP contribution in [0.5, 0.6) is 0 Å². The van der Waals surface area contributed by atoms with Gasteiger partial charge in [0, 0.05) is 6.92 Å².